The molecule has 0 aliphatic rings. The van der Waals surface area contributed by atoms with Crippen LogP contribution in [0.2, 0.25) is 0 Å². The van der Waals surface area contributed by atoms with Crippen LogP contribution >= 0.6 is 23.3 Å². The van der Waals surface area contributed by atoms with Gasteiger partial charge < -0.3 is 4.42 Å². The molecule has 7 heteroatoms. The molecule has 0 saturated carbocycles. The Balaban J connectivity index is 1.98. The predicted molar refractivity (Wildman–Crippen MR) is 63.3 cm³/mol. The third kappa shape index (κ3) is 3.37. The summed E-state index contributed by atoms with van der Waals surface area (Å²) >= 11 is 2.69. The van der Waals surface area contributed by atoms with Gasteiger partial charge in [0, 0.05) is 5.75 Å². The molecule has 0 saturated heterocycles. The van der Waals surface area contributed by atoms with Crippen molar-refractivity contribution in [3.8, 4) is 11.5 Å². The van der Waals surface area contributed by atoms with Gasteiger partial charge in [0.2, 0.25) is 0 Å². The monoisotopic (exact) mass is 274 g/mol. The maximum Gasteiger partial charge on any atom is 0.266 e. The fraction of sp³-hybridized carbons (Fsp3) is 0.200. The number of furan rings is 1. The molecule has 2 heterocycles. The highest BCUT2D eigenvalue weighted by molar-refractivity contribution is 8.01. The largest absolute Gasteiger partial charge is 0.463 e. The standard InChI is InChI=1S/C10H8F2N2OS2/c11-8(12)4-2-6-16-10-9(13-14-17-10)7-3-1-5-15-7/h1,3-5H,2,6H2. The molecule has 90 valence electrons. The second-order valence-electron chi connectivity index (χ2n) is 3.02. The molecule has 2 rings (SSSR count). The summed E-state index contributed by atoms with van der Waals surface area (Å²) in [6.07, 6.45) is 1.15. The minimum absolute atomic E-state index is 0.322. The summed E-state index contributed by atoms with van der Waals surface area (Å²) in [6, 6.07) is 3.56. The molecule has 0 aromatic carbocycles. The van der Waals surface area contributed by atoms with Crippen LogP contribution in [0.4, 0.5) is 8.78 Å². The zero-order chi connectivity index (χ0) is 12.1. The van der Waals surface area contributed by atoms with E-state index in [0.717, 1.165) is 10.3 Å². The molecule has 17 heavy (non-hydrogen) atoms. The fourth-order valence-electron chi connectivity index (χ4n) is 1.16. The summed E-state index contributed by atoms with van der Waals surface area (Å²) in [7, 11) is 0. The van der Waals surface area contributed by atoms with Crippen LogP contribution in [0.3, 0.4) is 0 Å². The number of nitrogens with zero attached hydrogens (tertiary/aromatic N) is 2. The predicted octanol–water partition coefficient (Wildman–Crippen LogP) is 4.06. The molecule has 0 amide bonds. The molecular weight excluding hydrogens is 266 g/mol. The number of aromatic nitrogens is 2. The number of allylic oxidation sites excluding steroid dienone is 1. The van der Waals surface area contributed by atoms with Crippen molar-refractivity contribution < 1.29 is 13.2 Å². The first-order chi connectivity index (χ1) is 8.27. The number of thioether (sulfide) groups is 1. The summed E-state index contributed by atoms with van der Waals surface area (Å²) in [6.45, 7) is 0. The molecule has 2 aromatic rings. The Morgan fingerprint density at radius 1 is 1.53 bits per heavy atom. The number of hydrogen-bond donors (Lipinski definition) is 0. The number of hydrogen-bond acceptors (Lipinski definition) is 5. The van der Waals surface area contributed by atoms with Gasteiger partial charge in [-0.05, 0) is 36.2 Å². The van der Waals surface area contributed by atoms with Gasteiger partial charge in [-0.3, -0.25) is 0 Å². The molecule has 0 aliphatic heterocycles. The highest BCUT2D eigenvalue weighted by Crippen LogP contribution is 2.33. The van der Waals surface area contributed by atoms with Crippen LogP contribution in [0.25, 0.3) is 11.5 Å². The van der Waals surface area contributed by atoms with E-state index in [1.807, 2.05) is 0 Å². The second kappa shape index (κ2) is 5.92. The Kier molecular flexibility index (Phi) is 4.27. The van der Waals surface area contributed by atoms with Gasteiger partial charge in [-0.15, -0.1) is 16.9 Å². The van der Waals surface area contributed by atoms with Crippen molar-refractivity contribution >= 4 is 23.3 Å². The van der Waals surface area contributed by atoms with E-state index >= 15 is 0 Å². The third-order valence-electron chi connectivity index (χ3n) is 1.86. The maximum absolute atomic E-state index is 11.8. The van der Waals surface area contributed by atoms with Gasteiger partial charge in [-0.2, -0.15) is 8.78 Å². The van der Waals surface area contributed by atoms with Crippen molar-refractivity contribution in [2.24, 2.45) is 0 Å². The summed E-state index contributed by atoms with van der Waals surface area (Å²) in [5.41, 5.74) is 0.676. The molecule has 0 spiro atoms. The Morgan fingerprint density at radius 2 is 2.41 bits per heavy atom. The maximum atomic E-state index is 11.8. The lowest BCUT2D eigenvalue weighted by Crippen LogP contribution is -1.79. The first kappa shape index (κ1) is 12.3. The fourth-order valence-corrected chi connectivity index (χ4v) is 2.84. The van der Waals surface area contributed by atoms with E-state index in [1.54, 1.807) is 18.4 Å². The van der Waals surface area contributed by atoms with Crippen LogP contribution in [-0.4, -0.2) is 15.3 Å². The van der Waals surface area contributed by atoms with Crippen molar-refractivity contribution in [3.05, 3.63) is 30.6 Å². The van der Waals surface area contributed by atoms with E-state index in [9.17, 15) is 8.78 Å². The molecule has 0 bridgehead atoms. The minimum atomic E-state index is -1.64. The molecule has 0 aliphatic carbocycles. The van der Waals surface area contributed by atoms with E-state index in [2.05, 4.69) is 9.59 Å². The van der Waals surface area contributed by atoms with Gasteiger partial charge >= 0.3 is 0 Å². The van der Waals surface area contributed by atoms with Crippen molar-refractivity contribution in [2.45, 2.75) is 10.6 Å². The quantitative estimate of drug-likeness (QED) is 0.609. The first-order valence-electron chi connectivity index (χ1n) is 4.77. The Hall–Kier alpha value is -1.21. The Morgan fingerprint density at radius 3 is 3.12 bits per heavy atom. The van der Waals surface area contributed by atoms with E-state index in [0.29, 0.717) is 23.6 Å². The lowest BCUT2D eigenvalue weighted by Gasteiger charge is -1.96. The van der Waals surface area contributed by atoms with Crippen molar-refractivity contribution in [1.29, 1.82) is 0 Å². The molecule has 0 N–H and O–H groups in total. The Labute approximate surface area is 105 Å². The average molecular weight is 274 g/mol. The minimum Gasteiger partial charge on any atom is -0.463 e. The van der Waals surface area contributed by atoms with E-state index in [-0.39, 0.29) is 0 Å². The highest BCUT2D eigenvalue weighted by Gasteiger charge is 2.12. The van der Waals surface area contributed by atoms with Crippen LogP contribution in [-0.2, 0) is 0 Å². The summed E-state index contributed by atoms with van der Waals surface area (Å²) in [5, 5.41) is 3.96. The summed E-state index contributed by atoms with van der Waals surface area (Å²) in [4.78, 5) is 0. The van der Waals surface area contributed by atoms with Gasteiger partial charge in [-0.1, -0.05) is 4.49 Å². The first-order valence-corrected chi connectivity index (χ1v) is 6.53. The zero-order valence-electron chi connectivity index (χ0n) is 8.60. The normalized spacial score (nSPS) is 10.5. The van der Waals surface area contributed by atoms with Crippen LogP contribution in [0.5, 0.6) is 0 Å². The lowest BCUT2D eigenvalue weighted by molar-refractivity contribution is 0.418. The van der Waals surface area contributed by atoms with Gasteiger partial charge in [0.1, 0.15) is 4.21 Å². The summed E-state index contributed by atoms with van der Waals surface area (Å²) in [5.74, 6) is 1.21. The topological polar surface area (TPSA) is 38.9 Å². The van der Waals surface area contributed by atoms with Gasteiger partial charge in [0.05, 0.1) is 6.26 Å². The SMILES string of the molecule is FC(F)=CCCSc1snnc1-c1ccco1. The van der Waals surface area contributed by atoms with Crippen LogP contribution in [0.1, 0.15) is 6.42 Å². The van der Waals surface area contributed by atoms with Crippen molar-refractivity contribution in [2.75, 3.05) is 5.75 Å². The second-order valence-corrected chi connectivity index (χ2v) is 5.13. The number of rotatable bonds is 5. The molecule has 3 nitrogen and oxygen atoms in total. The number of halogens is 2. The van der Waals surface area contributed by atoms with E-state index < -0.39 is 6.08 Å². The molecule has 0 radical (unpaired) electrons. The highest BCUT2D eigenvalue weighted by atomic mass is 32.2. The summed E-state index contributed by atoms with van der Waals surface area (Å²) < 4.78 is 33.6. The Bertz CT molecular complexity index is 492. The zero-order valence-corrected chi connectivity index (χ0v) is 10.2. The molecule has 2 aromatic heterocycles. The van der Waals surface area contributed by atoms with Gasteiger partial charge in [-0.25, -0.2) is 0 Å². The third-order valence-corrected chi connectivity index (χ3v) is 3.86. The van der Waals surface area contributed by atoms with Gasteiger partial charge in [0.15, 0.2) is 11.5 Å². The molecule has 0 unspecified atom stereocenters. The van der Waals surface area contributed by atoms with Crippen molar-refractivity contribution in [3.63, 3.8) is 0 Å². The smallest absolute Gasteiger partial charge is 0.266 e. The average Bonchev–Trinajstić information content (AvgIpc) is 2.94. The molecule has 0 fully saturated rings. The van der Waals surface area contributed by atoms with Crippen LogP contribution in [0.15, 0.2) is 39.2 Å². The van der Waals surface area contributed by atoms with E-state index in [1.165, 1.54) is 23.3 Å². The lowest BCUT2D eigenvalue weighted by atomic mass is 10.4. The van der Waals surface area contributed by atoms with Crippen molar-refractivity contribution in [1.82, 2.24) is 9.59 Å². The van der Waals surface area contributed by atoms with Crippen LogP contribution in [0, 0.1) is 0 Å². The molecular formula is C10H8F2N2OS2. The molecule has 0 atom stereocenters. The van der Waals surface area contributed by atoms with Crippen LogP contribution < -0.4 is 0 Å². The van der Waals surface area contributed by atoms with Gasteiger partial charge in [0.25, 0.3) is 6.08 Å². The van der Waals surface area contributed by atoms with E-state index in [4.69, 9.17) is 4.42 Å².